The van der Waals surface area contributed by atoms with E-state index in [-0.39, 0.29) is 17.9 Å². The SMILES string of the molecule is C=CCn1c(C)c(CC(=O)Nc2cccc(C)c2)c(=O)n2nc(-c3ccc(C)cc3)nc12. The first kappa shape index (κ1) is 21.2. The van der Waals surface area contributed by atoms with Gasteiger partial charge in [-0.15, -0.1) is 11.7 Å². The van der Waals surface area contributed by atoms with Crippen molar-refractivity contribution in [2.24, 2.45) is 0 Å². The lowest BCUT2D eigenvalue weighted by atomic mass is 10.1. The molecule has 32 heavy (non-hydrogen) atoms. The molecule has 0 bridgehead atoms. The van der Waals surface area contributed by atoms with E-state index in [0.717, 1.165) is 16.7 Å². The van der Waals surface area contributed by atoms with Crippen molar-refractivity contribution in [3.05, 3.63) is 93.9 Å². The third kappa shape index (κ3) is 4.09. The molecule has 0 unspecified atom stereocenters. The van der Waals surface area contributed by atoms with E-state index in [4.69, 9.17) is 0 Å². The molecule has 1 amide bonds. The highest BCUT2D eigenvalue weighted by Crippen LogP contribution is 2.18. The molecule has 0 radical (unpaired) electrons. The molecule has 1 N–H and O–H groups in total. The fraction of sp³-hybridized carbons (Fsp3) is 0.200. The number of allylic oxidation sites excluding steroid dienone is 1. The molecule has 0 saturated heterocycles. The average Bonchev–Trinajstić information content (AvgIpc) is 3.20. The maximum absolute atomic E-state index is 13.3. The van der Waals surface area contributed by atoms with Gasteiger partial charge in [-0.2, -0.15) is 9.50 Å². The van der Waals surface area contributed by atoms with Gasteiger partial charge in [0.15, 0.2) is 5.82 Å². The zero-order valence-electron chi connectivity index (χ0n) is 18.4. The highest BCUT2D eigenvalue weighted by atomic mass is 16.2. The minimum atomic E-state index is -0.344. The predicted molar refractivity (Wildman–Crippen MR) is 126 cm³/mol. The van der Waals surface area contributed by atoms with E-state index < -0.39 is 0 Å². The van der Waals surface area contributed by atoms with Crippen LogP contribution >= 0.6 is 0 Å². The van der Waals surface area contributed by atoms with Crippen LogP contribution in [0.3, 0.4) is 0 Å². The highest BCUT2D eigenvalue weighted by Gasteiger charge is 2.20. The molecule has 4 aromatic rings. The van der Waals surface area contributed by atoms with E-state index >= 15 is 0 Å². The van der Waals surface area contributed by atoms with E-state index in [9.17, 15) is 9.59 Å². The molecule has 0 atom stereocenters. The Morgan fingerprint density at radius 2 is 1.84 bits per heavy atom. The van der Waals surface area contributed by atoms with E-state index in [2.05, 4.69) is 22.0 Å². The summed E-state index contributed by atoms with van der Waals surface area (Å²) in [6.45, 7) is 10.0. The minimum absolute atomic E-state index is 0.0641. The summed E-state index contributed by atoms with van der Waals surface area (Å²) in [6, 6.07) is 15.3. The number of aryl methyl sites for hydroxylation is 2. The quantitative estimate of drug-likeness (QED) is 0.474. The zero-order chi connectivity index (χ0) is 22.8. The lowest BCUT2D eigenvalue weighted by Gasteiger charge is -2.14. The van der Waals surface area contributed by atoms with Crippen LogP contribution in [-0.2, 0) is 17.8 Å². The molecule has 4 rings (SSSR count). The molecule has 7 nitrogen and oxygen atoms in total. The Bertz CT molecular complexity index is 1380. The first-order chi connectivity index (χ1) is 15.4. The fourth-order valence-corrected chi connectivity index (χ4v) is 3.67. The number of fused-ring (bicyclic) bond motifs is 1. The van der Waals surface area contributed by atoms with Gasteiger partial charge in [-0.3, -0.25) is 9.59 Å². The third-order valence-electron chi connectivity index (χ3n) is 5.38. The van der Waals surface area contributed by atoms with Crippen molar-refractivity contribution < 1.29 is 4.79 Å². The molecular weight excluding hydrogens is 402 g/mol. The molecule has 7 heteroatoms. The fourth-order valence-electron chi connectivity index (χ4n) is 3.67. The van der Waals surface area contributed by atoms with Gasteiger partial charge >= 0.3 is 0 Å². The number of amides is 1. The van der Waals surface area contributed by atoms with Gasteiger partial charge in [0.25, 0.3) is 5.56 Å². The van der Waals surface area contributed by atoms with Crippen molar-refractivity contribution in [3.63, 3.8) is 0 Å². The number of rotatable bonds is 6. The Hall–Kier alpha value is -4.00. The number of nitrogens with zero attached hydrogens (tertiary/aromatic N) is 4. The van der Waals surface area contributed by atoms with Crippen molar-refractivity contribution in [1.82, 2.24) is 19.2 Å². The van der Waals surface area contributed by atoms with Gasteiger partial charge in [0.1, 0.15) is 0 Å². The monoisotopic (exact) mass is 427 g/mol. The summed E-state index contributed by atoms with van der Waals surface area (Å²) in [5.41, 5.74) is 4.39. The maximum Gasteiger partial charge on any atom is 0.279 e. The van der Waals surface area contributed by atoms with E-state index in [1.165, 1.54) is 4.52 Å². The van der Waals surface area contributed by atoms with Gasteiger partial charge < -0.3 is 9.88 Å². The van der Waals surface area contributed by atoms with Gasteiger partial charge in [-0.05, 0) is 38.5 Å². The van der Waals surface area contributed by atoms with Crippen molar-refractivity contribution >= 4 is 17.4 Å². The van der Waals surface area contributed by atoms with Crippen LogP contribution in [0.4, 0.5) is 5.69 Å². The number of nitrogens with one attached hydrogen (secondary N) is 1. The first-order valence-electron chi connectivity index (χ1n) is 10.4. The molecule has 2 aromatic heterocycles. The number of hydrogen-bond donors (Lipinski definition) is 1. The second kappa shape index (κ2) is 8.63. The second-order valence-corrected chi connectivity index (χ2v) is 7.88. The van der Waals surface area contributed by atoms with Crippen LogP contribution in [0.5, 0.6) is 0 Å². The second-order valence-electron chi connectivity index (χ2n) is 7.88. The topological polar surface area (TPSA) is 81.3 Å². The molecule has 0 aliphatic rings. The maximum atomic E-state index is 13.3. The predicted octanol–water partition coefficient (Wildman–Crippen LogP) is 3.85. The Morgan fingerprint density at radius 1 is 1.09 bits per heavy atom. The summed E-state index contributed by atoms with van der Waals surface area (Å²) in [4.78, 5) is 30.6. The normalized spacial score (nSPS) is 11.0. The lowest BCUT2D eigenvalue weighted by Crippen LogP contribution is -2.29. The summed E-state index contributed by atoms with van der Waals surface area (Å²) in [7, 11) is 0. The summed E-state index contributed by atoms with van der Waals surface area (Å²) in [6.07, 6.45) is 1.67. The first-order valence-corrected chi connectivity index (χ1v) is 10.4. The summed E-state index contributed by atoms with van der Waals surface area (Å²) >= 11 is 0. The zero-order valence-corrected chi connectivity index (χ0v) is 18.4. The number of benzene rings is 2. The standard InChI is InChI=1S/C25H25N5O2/c1-5-13-29-18(4)21(15-22(31)26-20-8-6-7-17(3)14-20)24(32)30-25(29)27-23(28-30)19-11-9-16(2)10-12-19/h5-12,14H,1,13,15H2,2-4H3,(H,26,31). The number of hydrogen-bond acceptors (Lipinski definition) is 4. The molecule has 2 aromatic carbocycles. The summed E-state index contributed by atoms with van der Waals surface area (Å²) in [5, 5.41) is 7.33. The number of carbonyl (C=O) groups excluding carboxylic acids is 1. The van der Waals surface area contributed by atoms with Crippen molar-refractivity contribution in [2.75, 3.05) is 5.32 Å². The van der Waals surface area contributed by atoms with Gasteiger partial charge in [0.2, 0.25) is 11.7 Å². The van der Waals surface area contributed by atoms with E-state index in [1.807, 2.05) is 73.9 Å². The molecule has 0 saturated carbocycles. The smallest absolute Gasteiger partial charge is 0.279 e. The number of carbonyl (C=O) groups is 1. The van der Waals surface area contributed by atoms with Crippen LogP contribution in [0.15, 0.2) is 66.0 Å². The number of anilines is 1. The summed E-state index contributed by atoms with van der Waals surface area (Å²) < 4.78 is 3.13. The lowest BCUT2D eigenvalue weighted by molar-refractivity contribution is -0.115. The van der Waals surface area contributed by atoms with Crippen LogP contribution in [0.25, 0.3) is 17.2 Å². The molecule has 0 aliphatic carbocycles. The minimum Gasteiger partial charge on any atom is -0.326 e. The van der Waals surface area contributed by atoms with Crippen LogP contribution in [0.1, 0.15) is 22.4 Å². The van der Waals surface area contributed by atoms with E-state index in [1.54, 1.807) is 6.08 Å². The van der Waals surface area contributed by atoms with Crippen LogP contribution < -0.4 is 10.9 Å². The Morgan fingerprint density at radius 3 is 2.53 bits per heavy atom. The Labute approximate surface area is 186 Å². The van der Waals surface area contributed by atoms with Crippen molar-refractivity contribution in [1.29, 1.82) is 0 Å². The van der Waals surface area contributed by atoms with Gasteiger partial charge in [-0.25, -0.2) is 0 Å². The van der Waals surface area contributed by atoms with Crippen molar-refractivity contribution in [3.8, 4) is 11.4 Å². The summed E-state index contributed by atoms with van der Waals surface area (Å²) in [5.74, 6) is 0.616. The third-order valence-corrected chi connectivity index (χ3v) is 5.38. The number of aromatic nitrogens is 4. The molecule has 0 spiro atoms. The van der Waals surface area contributed by atoms with Crippen LogP contribution in [-0.4, -0.2) is 25.1 Å². The van der Waals surface area contributed by atoms with Crippen molar-refractivity contribution in [2.45, 2.75) is 33.7 Å². The highest BCUT2D eigenvalue weighted by molar-refractivity contribution is 5.92. The average molecular weight is 428 g/mol. The molecular formula is C25H25N5O2. The molecule has 162 valence electrons. The van der Waals surface area contributed by atoms with Gasteiger partial charge in [0, 0.05) is 29.1 Å². The van der Waals surface area contributed by atoms with E-state index in [0.29, 0.717) is 35.1 Å². The van der Waals surface area contributed by atoms with Crippen LogP contribution in [0.2, 0.25) is 0 Å². The molecule has 0 aliphatic heterocycles. The Kier molecular flexibility index (Phi) is 5.73. The molecule has 0 fully saturated rings. The Balaban J connectivity index is 1.77. The van der Waals surface area contributed by atoms with Crippen LogP contribution in [0, 0.1) is 20.8 Å². The largest absolute Gasteiger partial charge is 0.326 e. The van der Waals surface area contributed by atoms with Gasteiger partial charge in [-0.1, -0.05) is 48.0 Å². The molecule has 2 heterocycles. The van der Waals surface area contributed by atoms with Gasteiger partial charge in [0.05, 0.1) is 6.42 Å².